The van der Waals surface area contributed by atoms with E-state index >= 15 is 0 Å². The van der Waals surface area contributed by atoms with Crippen molar-refractivity contribution in [3.63, 3.8) is 0 Å². The number of carbonyl (C=O) groups is 1. The van der Waals surface area contributed by atoms with Gasteiger partial charge in [0.1, 0.15) is 12.6 Å². The molecule has 1 atom stereocenters. The number of benzene rings is 1. The summed E-state index contributed by atoms with van der Waals surface area (Å²) in [6, 6.07) is 11.9. The van der Waals surface area contributed by atoms with Crippen LogP contribution in [0.15, 0.2) is 54.1 Å². The van der Waals surface area contributed by atoms with Gasteiger partial charge in [-0.2, -0.15) is 0 Å². The van der Waals surface area contributed by atoms with Gasteiger partial charge in [-0.3, -0.25) is 4.79 Å². The van der Waals surface area contributed by atoms with Crippen molar-refractivity contribution in [2.24, 2.45) is 0 Å². The maximum atomic E-state index is 12.4. The summed E-state index contributed by atoms with van der Waals surface area (Å²) in [5, 5.41) is 13.9. The highest BCUT2D eigenvalue weighted by molar-refractivity contribution is 7.12. The molecule has 0 unspecified atom stereocenters. The first-order chi connectivity index (χ1) is 15.1. The number of nitrogens with one attached hydrogen (secondary N) is 1. The van der Waals surface area contributed by atoms with Crippen LogP contribution in [0.1, 0.15) is 54.8 Å². The zero-order valence-electron chi connectivity index (χ0n) is 18.7. The normalized spacial score (nSPS) is 12.9. The van der Waals surface area contributed by atoms with E-state index in [9.17, 15) is 9.90 Å². The standard InChI is InChI=1S/C26H34N2O2S/c1-3-5-15-27(16-6-4-2)19-22(29)20-28-18-21(23-10-7-8-11-24(23)28)13-14-25(30)26-12-9-17-31-26/h7-14,17-18,22,29H,3-6,15-16,19-20H2,1-2H3/p+1/b14-13+/t22-/m1/s1. The van der Waals surface area contributed by atoms with E-state index in [4.69, 9.17) is 0 Å². The number of quaternary nitrogens is 1. The topological polar surface area (TPSA) is 46.7 Å². The molecule has 0 fully saturated rings. The third-order valence-corrected chi connectivity index (χ3v) is 6.58. The Morgan fingerprint density at radius 1 is 1.13 bits per heavy atom. The van der Waals surface area contributed by atoms with Gasteiger partial charge in [0.15, 0.2) is 5.78 Å². The minimum atomic E-state index is -0.399. The predicted octanol–water partition coefficient (Wildman–Crippen LogP) is 4.44. The second kappa shape index (κ2) is 12.0. The second-order valence-corrected chi connectivity index (χ2v) is 9.19. The van der Waals surface area contributed by atoms with E-state index in [1.165, 1.54) is 41.9 Å². The van der Waals surface area contributed by atoms with Crippen LogP contribution in [0.2, 0.25) is 0 Å². The van der Waals surface area contributed by atoms with Crippen molar-refractivity contribution < 1.29 is 14.8 Å². The van der Waals surface area contributed by atoms with Gasteiger partial charge in [-0.25, -0.2) is 0 Å². The molecule has 0 spiro atoms. The monoisotopic (exact) mass is 439 g/mol. The van der Waals surface area contributed by atoms with Crippen LogP contribution in [-0.2, 0) is 6.54 Å². The summed E-state index contributed by atoms with van der Waals surface area (Å²) >= 11 is 1.46. The summed E-state index contributed by atoms with van der Waals surface area (Å²) in [6.07, 6.45) is 9.98. The van der Waals surface area contributed by atoms with Crippen LogP contribution in [0.25, 0.3) is 17.0 Å². The number of fused-ring (bicyclic) bond motifs is 1. The molecular formula is C26H35N2O2S+. The number of thiophene rings is 1. The number of ketones is 1. The lowest BCUT2D eigenvalue weighted by Gasteiger charge is -2.22. The van der Waals surface area contributed by atoms with Gasteiger partial charge in [-0.05, 0) is 42.5 Å². The SMILES string of the molecule is CCCC[NH+](CCCC)C[C@@H](O)Cn1cc(/C=C/C(=O)c2cccs2)c2ccccc21. The number of aromatic nitrogens is 1. The molecule has 1 aromatic carbocycles. The fraction of sp³-hybridized carbons (Fsp3) is 0.423. The number of para-hydroxylation sites is 1. The number of hydrogen-bond acceptors (Lipinski definition) is 3. The first-order valence-corrected chi connectivity index (χ1v) is 12.4. The highest BCUT2D eigenvalue weighted by Crippen LogP contribution is 2.23. The fourth-order valence-corrected chi connectivity index (χ4v) is 4.68. The quantitative estimate of drug-likeness (QED) is 0.305. The summed E-state index contributed by atoms with van der Waals surface area (Å²) in [6.45, 7) is 8.03. The molecule has 0 aliphatic rings. The molecule has 31 heavy (non-hydrogen) atoms. The first kappa shape index (κ1) is 23.5. The number of unbranched alkanes of at least 4 members (excludes halogenated alkanes) is 2. The Balaban J connectivity index is 1.73. The molecule has 0 aliphatic carbocycles. The number of carbonyl (C=O) groups excluding carboxylic acids is 1. The Hall–Kier alpha value is -2.21. The highest BCUT2D eigenvalue weighted by Gasteiger charge is 2.17. The molecule has 3 rings (SSSR count). The Morgan fingerprint density at radius 2 is 1.87 bits per heavy atom. The predicted molar refractivity (Wildman–Crippen MR) is 131 cm³/mol. The molecular weight excluding hydrogens is 404 g/mol. The number of aliphatic hydroxyl groups excluding tert-OH is 1. The smallest absolute Gasteiger partial charge is 0.195 e. The molecule has 4 nitrogen and oxygen atoms in total. The average Bonchev–Trinajstić information content (AvgIpc) is 3.43. The zero-order valence-corrected chi connectivity index (χ0v) is 19.5. The maximum absolute atomic E-state index is 12.4. The molecule has 0 aliphatic heterocycles. The lowest BCUT2D eigenvalue weighted by Crippen LogP contribution is -3.13. The van der Waals surface area contributed by atoms with Crippen molar-refractivity contribution in [3.05, 3.63) is 64.5 Å². The minimum absolute atomic E-state index is 0.0259. The maximum Gasteiger partial charge on any atom is 0.195 e. The molecule has 0 amide bonds. The Kier molecular flexibility index (Phi) is 9.07. The van der Waals surface area contributed by atoms with Crippen molar-refractivity contribution in [1.29, 1.82) is 0 Å². The van der Waals surface area contributed by atoms with Gasteiger partial charge in [0.25, 0.3) is 0 Å². The molecule has 2 heterocycles. The molecule has 5 heteroatoms. The van der Waals surface area contributed by atoms with Crippen molar-refractivity contribution in [2.45, 2.75) is 52.2 Å². The van der Waals surface area contributed by atoms with Crippen molar-refractivity contribution in [2.75, 3.05) is 19.6 Å². The summed E-state index contributed by atoms with van der Waals surface area (Å²) in [4.78, 5) is 14.6. The van der Waals surface area contributed by atoms with E-state index in [1.54, 1.807) is 6.08 Å². The summed E-state index contributed by atoms with van der Waals surface area (Å²) < 4.78 is 2.13. The minimum Gasteiger partial charge on any atom is -0.385 e. The molecule has 0 saturated carbocycles. The van der Waals surface area contributed by atoms with E-state index in [1.807, 2.05) is 35.7 Å². The Bertz CT molecular complexity index is 967. The summed E-state index contributed by atoms with van der Waals surface area (Å²) in [7, 11) is 0. The molecule has 0 saturated heterocycles. The van der Waals surface area contributed by atoms with Gasteiger partial charge >= 0.3 is 0 Å². The molecule has 0 radical (unpaired) electrons. The average molecular weight is 440 g/mol. The van der Waals surface area contributed by atoms with Crippen molar-refractivity contribution in [3.8, 4) is 0 Å². The highest BCUT2D eigenvalue weighted by atomic mass is 32.1. The van der Waals surface area contributed by atoms with Gasteiger partial charge in [0.05, 0.1) is 24.5 Å². The second-order valence-electron chi connectivity index (χ2n) is 8.24. The van der Waals surface area contributed by atoms with Crippen LogP contribution in [0.5, 0.6) is 0 Å². The van der Waals surface area contributed by atoms with Crippen LogP contribution in [0, 0.1) is 0 Å². The van der Waals surface area contributed by atoms with Crippen LogP contribution >= 0.6 is 11.3 Å². The molecule has 3 aromatic rings. The first-order valence-electron chi connectivity index (χ1n) is 11.5. The van der Waals surface area contributed by atoms with E-state index < -0.39 is 6.10 Å². The van der Waals surface area contributed by atoms with Gasteiger partial charge in [0.2, 0.25) is 0 Å². The number of rotatable bonds is 13. The van der Waals surface area contributed by atoms with Crippen LogP contribution in [-0.4, -0.2) is 41.2 Å². The summed E-state index contributed by atoms with van der Waals surface area (Å²) in [5.74, 6) is 0.0259. The van der Waals surface area contributed by atoms with Gasteiger partial charge in [-0.15, -0.1) is 11.3 Å². The zero-order chi connectivity index (χ0) is 22.1. The van der Waals surface area contributed by atoms with E-state index in [0.29, 0.717) is 6.54 Å². The van der Waals surface area contributed by atoms with Crippen LogP contribution < -0.4 is 4.90 Å². The largest absolute Gasteiger partial charge is 0.385 e. The van der Waals surface area contributed by atoms with Gasteiger partial charge in [0, 0.05) is 22.7 Å². The molecule has 0 bridgehead atoms. The number of aliphatic hydroxyl groups is 1. The summed E-state index contributed by atoms with van der Waals surface area (Å²) in [5.41, 5.74) is 2.10. The van der Waals surface area contributed by atoms with E-state index in [2.05, 4.69) is 36.7 Å². The lowest BCUT2D eigenvalue weighted by atomic mass is 10.1. The molecule has 2 aromatic heterocycles. The van der Waals surface area contributed by atoms with Gasteiger partial charge in [-0.1, -0.05) is 51.0 Å². The fourth-order valence-electron chi connectivity index (χ4n) is 4.03. The van der Waals surface area contributed by atoms with E-state index in [0.717, 1.165) is 41.0 Å². The number of nitrogens with zero attached hydrogens (tertiary/aromatic N) is 1. The molecule has 2 N–H and O–H groups in total. The number of hydrogen-bond donors (Lipinski definition) is 2. The Morgan fingerprint density at radius 3 is 2.55 bits per heavy atom. The lowest BCUT2D eigenvalue weighted by molar-refractivity contribution is -0.903. The van der Waals surface area contributed by atoms with Crippen LogP contribution in [0.4, 0.5) is 0 Å². The van der Waals surface area contributed by atoms with E-state index in [-0.39, 0.29) is 5.78 Å². The molecule has 166 valence electrons. The van der Waals surface area contributed by atoms with Crippen molar-refractivity contribution >= 4 is 34.1 Å². The number of allylic oxidation sites excluding steroid dienone is 1. The Labute approximate surface area is 189 Å². The third-order valence-electron chi connectivity index (χ3n) is 5.70. The van der Waals surface area contributed by atoms with Crippen molar-refractivity contribution in [1.82, 2.24) is 4.57 Å². The van der Waals surface area contributed by atoms with Crippen LogP contribution in [0.3, 0.4) is 0 Å². The third kappa shape index (κ3) is 6.63. The van der Waals surface area contributed by atoms with Gasteiger partial charge < -0.3 is 14.6 Å².